The molecule has 0 aromatic heterocycles. The van der Waals surface area contributed by atoms with Crippen LogP contribution in [-0.4, -0.2) is 31.1 Å². The first kappa shape index (κ1) is 15.3. The highest BCUT2D eigenvalue weighted by Crippen LogP contribution is 2.25. The zero-order chi connectivity index (χ0) is 14.7. The molecule has 0 radical (unpaired) electrons. The van der Waals surface area contributed by atoms with Gasteiger partial charge in [0.2, 0.25) is 0 Å². The SMILES string of the molecule is COc1ccc(C(N)CN2CC(C)CCC2C)cc1F. The Labute approximate surface area is 120 Å². The summed E-state index contributed by atoms with van der Waals surface area (Å²) in [6.07, 6.45) is 2.49. The third-order valence-corrected chi connectivity index (χ3v) is 4.28. The minimum atomic E-state index is -0.347. The van der Waals surface area contributed by atoms with E-state index in [1.807, 2.05) is 6.07 Å². The van der Waals surface area contributed by atoms with Crippen molar-refractivity contribution in [1.29, 1.82) is 0 Å². The molecule has 1 aromatic rings. The molecule has 1 aliphatic heterocycles. The van der Waals surface area contributed by atoms with Gasteiger partial charge in [-0.05, 0) is 43.4 Å². The Balaban J connectivity index is 2.03. The zero-order valence-electron chi connectivity index (χ0n) is 12.6. The van der Waals surface area contributed by atoms with Crippen LogP contribution in [0.15, 0.2) is 18.2 Å². The number of rotatable bonds is 4. The monoisotopic (exact) mass is 280 g/mol. The molecule has 2 N–H and O–H groups in total. The first-order chi connectivity index (χ1) is 9.51. The Morgan fingerprint density at radius 2 is 2.15 bits per heavy atom. The third-order valence-electron chi connectivity index (χ3n) is 4.28. The minimum absolute atomic E-state index is 0.164. The molecule has 20 heavy (non-hydrogen) atoms. The van der Waals surface area contributed by atoms with Crippen LogP contribution in [0.4, 0.5) is 4.39 Å². The zero-order valence-corrected chi connectivity index (χ0v) is 12.6. The largest absolute Gasteiger partial charge is 0.494 e. The number of methoxy groups -OCH3 is 1. The maximum absolute atomic E-state index is 13.7. The number of halogens is 1. The van der Waals surface area contributed by atoms with Crippen LogP contribution < -0.4 is 10.5 Å². The lowest BCUT2D eigenvalue weighted by atomic mass is 9.94. The highest BCUT2D eigenvalue weighted by molar-refractivity contribution is 5.31. The molecule has 1 aliphatic rings. The average molecular weight is 280 g/mol. The van der Waals surface area contributed by atoms with Crippen molar-refractivity contribution < 1.29 is 9.13 Å². The molecular weight excluding hydrogens is 255 g/mol. The summed E-state index contributed by atoms with van der Waals surface area (Å²) in [7, 11) is 1.47. The lowest BCUT2D eigenvalue weighted by molar-refractivity contribution is 0.117. The molecule has 0 aliphatic carbocycles. The van der Waals surface area contributed by atoms with Gasteiger partial charge in [-0.3, -0.25) is 4.90 Å². The Hall–Kier alpha value is -1.13. The first-order valence-corrected chi connectivity index (χ1v) is 7.34. The highest BCUT2D eigenvalue weighted by Gasteiger charge is 2.24. The summed E-state index contributed by atoms with van der Waals surface area (Å²) in [6, 6.07) is 5.38. The first-order valence-electron chi connectivity index (χ1n) is 7.34. The fourth-order valence-electron chi connectivity index (χ4n) is 2.91. The lowest BCUT2D eigenvalue weighted by Gasteiger charge is -2.38. The minimum Gasteiger partial charge on any atom is -0.494 e. The fraction of sp³-hybridized carbons (Fsp3) is 0.625. The topological polar surface area (TPSA) is 38.5 Å². The van der Waals surface area contributed by atoms with Gasteiger partial charge in [-0.25, -0.2) is 4.39 Å². The van der Waals surface area contributed by atoms with Gasteiger partial charge >= 0.3 is 0 Å². The van der Waals surface area contributed by atoms with E-state index in [1.54, 1.807) is 6.07 Å². The molecule has 2 rings (SSSR count). The molecule has 0 amide bonds. The predicted octanol–water partition coefficient (Wildman–Crippen LogP) is 2.95. The molecule has 1 aromatic carbocycles. The van der Waals surface area contributed by atoms with E-state index in [1.165, 1.54) is 26.0 Å². The van der Waals surface area contributed by atoms with Gasteiger partial charge in [0.05, 0.1) is 7.11 Å². The number of hydrogen-bond donors (Lipinski definition) is 1. The average Bonchev–Trinajstić information content (AvgIpc) is 2.42. The van der Waals surface area contributed by atoms with E-state index in [9.17, 15) is 4.39 Å². The molecule has 3 unspecified atom stereocenters. The number of benzene rings is 1. The van der Waals surface area contributed by atoms with Gasteiger partial charge in [0, 0.05) is 25.2 Å². The smallest absolute Gasteiger partial charge is 0.165 e. The normalized spacial score (nSPS) is 25.4. The summed E-state index contributed by atoms with van der Waals surface area (Å²) in [5.74, 6) is 0.632. The van der Waals surface area contributed by atoms with E-state index in [0.29, 0.717) is 12.0 Å². The second kappa shape index (κ2) is 6.55. The summed E-state index contributed by atoms with van der Waals surface area (Å²) in [5.41, 5.74) is 7.07. The molecule has 0 spiro atoms. The number of ether oxygens (including phenoxy) is 1. The van der Waals surface area contributed by atoms with Gasteiger partial charge in [0.25, 0.3) is 0 Å². The summed E-state index contributed by atoms with van der Waals surface area (Å²) in [4.78, 5) is 2.42. The van der Waals surface area contributed by atoms with Gasteiger partial charge in [-0.15, -0.1) is 0 Å². The summed E-state index contributed by atoms with van der Waals surface area (Å²) in [6.45, 7) is 6.37. The standard InChI is InChI=1S/C16H25FN2O/c1-11-4-5-12(2)19(9-11)10-15(18)13-6-7-16(20-3)14(17)8-13/h6-8,11-12,15H,4-5,9-10,18H2,1-3H3. The van der Waals surface area contributed by atoms with E-state index in [0.717, 1.165) is 18.7 Å². The summed E-state index contributed by atoms with van der Waals surface area (Å²) < 4.78 is 18.7. The summed E-state index contributed by atoms with van der Waals surface area (Å²) >= 11 is 0. The molecule has 3 atom stereocenters. The Kier molecular flexibility index (Phi) is 5.00. The van der Waals surface area contributed by atoms with Crippen molar-refractivity contribution in [2.24, 2.45) is 11.7 Å². The predicted molar refractivity (Wildman–Crippen MR) is 79.3 cm³/mol. The van der Waals surface area contributed by atoms with Crippen molar-refractivity contribution in [1.82, 2.24) is 4.90 Å². The second-order valence-electron chi connectivity index (χ2n) is 5.99. The van der Waals surface area contributed by atoms with Crippen LogP contribution in [-0.2, 0) is 0 Å². The molecular formula is C16H25FN2O. The molecule has 0 saturated carbocycles. The van der Waals surface area contributed by atoms with Gasteiger partial charge in [-0.2, -0.15) is 0 Å². The molecule has 3 nitrogen and oxygen atoms in total. The number of nitrogens with two attached hydrogens (primary N) is 1. The second-order valence-corrected chi connectivity index (χ2v) is 5.99. The molecule has 112 valence electrons. The quantitative estimate of drug-likeness (QED) is 0.921. The molecule has 1 heterocycles. The van der Waals surface area contributed by atoms with E-state index in [4.69, 9.17) is 10.5 Å². The van der Waals surface area contributed by atoms with Gasteiger partial charge in [0.1, 0.15) is 0 Å². The van der Waals surface area contributed by atoms with Crippen molar-refractivity contribution >= 4 is 0 Å². The Morgan fingerprint density at radius 3 is 2.80 bits per heavy atom. The van der Waals surface area contributed by atoms with E-state index >= 15 is 0 Å². The van der Waals surface area contributed by atoms with Crippen LogP contribution in [0.5, 0.6) is 5.75 Å². The number of likely N-dealkylation sites (tertiary alicyclic amines) is 1. The maximum Gasteiger partial charge on any atom is 0.165 e. The summed E-state index contributed by atoms with van der Waals surface area (Å²) in [5, 5.41) is 0. The van der Waals surface area contributed by atoms with E-state index in [2.05, 4.69) is 18.7 Å². The number of piperidine rings is 1. The van der Waals surface area contributed by atoms with Crippen LogP contribution in [0.25, 0.3) is 0 Å². The number of nitrogens with zero attached hydrogens (tertiary/aromatic N) is 1. The van der Waals surface area contributed by atoms with Crippen molar-refractivity contribution in [3.63, 3.8) is 0 Å². The highest BCUT2D eigenvalue weighted by atomic mass is 19.1. The molecule has 1 saturated heterocycles. The van der Waals surface area contributed by atoms with E-state index < -0.39 is 0 Å². The lowest BCUT2D eigenvalue weighted by Crippen LogP contribution is -2.44. The van der Waals surface area contributed by atoms with Crippen molar-refractivity contribution in [2.75, 3.05) is 20.2 Å². The third kappa shape index (κ3) is 3.49. The van der Waals surface area contributed by atoms with Crippen LogP contribution >= 0.6 is 0 Å². The molecule has 0 bridgehead atoms. The van der Waals surface area contributed by atoms with Gasteiger partial charge < -0.3 is 10.5 Å². The van der Waals surface area contributed by atoms with Crippen molar-refractivity contribution in [2.45, 2.75) is 38.8 Å². The molecule has 1 fully saturated rings. The van der Waals surface area contributed by atoms with E-state index in [-0.39, 0.29) is 17.6 Å². The number of hydrogen-bond acceptors (Lipinski definition) is 3. The van der Waals surface area contributed by atoms with Crippen LogP contribution in [0, 0.1) is 11.7 Å². The maximum atomic E-state index is 13.7. The van der Waals surface area contributed by atoms with Crippen molar-refractivity contribution in [3.05, 3.63) is 29.6 Å². The molecule has 4 heteroatoms. The van der Waals surface area contributed by atoms with Crippen molar-refractivity contribution in [3.8, 4) is 5.75 Å². The van der Waals surface area contributed by atoms with Gasteiger partial charge in [-0.1, -0.05) is 13.0 Å². The van der Waals surface area contributed by atoms with Crippen LogP contribution in [0.3, 0.4) is 0 Å². The van der Waals surface area contributed by atoms with Crippen LogP contribution in [0.2, 0.25) is 0 Å². The van der Waals surface area contributed by atoms with Gasteiger partial charge in [0.15, 0.2) is 11.6 Å². The Bertz CT molecular complexity index is 452. The fourth-order valence-corrected chi connectivity index (χ4v) is 2.91. The Morgan fingerprint density at radius 1 is 1.40 bits per heavy atom. The van der Waals surface area contributed by atoms with Crippen LogP contribution in [0.1, 0.15) is 38.3 Å².